The molecule has 1 N–H and O–H groups in total. The second-order valence-electron chi connectivity index (χ2n) is 9.57. The van der Waals surface area contributed by atoms with Crippen molar-refractivity contribution in [3.05, 3.63) is 93.2 Å². The molecule has 1 spiro atoms. The lowest BCUT2D eigenvalue weighted by atomic mass is 9.92. The number of amides is 1. The number of benzene rings is 2. The predicted octanol–water partition coefficient (Wildman–Crippen LogP) is 2.61. The summed E-state index contributed by atoms with van der Waals surface area (Å²) in [6.07, 6.45) is 0.991. The van der Waals surface area contributed by atoms with Crippen LogP contribution in [0, 0.1) is 5.82 Å². The summed E-state index contributed by atoms with van der Waals surface area (Å²) in [6, 6.07) is 13.6. The number of thioether (sulfide) groups is 1. The molecule has 0 aliphatic carbocycles. The number of carbonyl (C=O) groups excluding carboxylic acids is 1. The normalized spacial score (nSPS) is 23.8. The van der Waals surface area contributed by atoms with E-state index >= 15 is 0 Å². The van der Waals surface area contributed by atoms with Gasteiger partial charge in [0.15, 0.2) is 11.4 Å². The van der Waals surface area contributed by atoms with E-state index in [9.17, 15) is 19.1 Å². The fourth-order valence-corrected chi connectivity index (χ4v) is 6.71. The topological polar surface area (TPSA) is 84.2 Å². The number of aromatic nitrogens is 1. The number of hydrogen-bond donors (Lipinski definition) is 1. The molecule has 1 amide bonds. The average molecular weight is 508 g/mol. The van der Waals surface area contributed by atoms with Crippen LogP contribution < -0.4 is 10.4 Å². The zero-order valence-electron chi connectivity index (χ0n) is 19.1. The van der Waals surface area contributed by atoms with Gasteiger partial charge >= 0.3 is 0 Å². The van der Waals surface area contributed by atoms with Crippen molar-refractivity contribution in [1.29, 1.82) is 0 Å². The van der Waals surface area contributed by atoms with Gasteiger partial charge in [-0.3, -0.25) is 19.3 Å². The summed E-state index contributed by atoms with van der Waals surface area (Å²) in [5, 5.41) is 12.8. The summed E-state index contributed by atoms with van der Waals surface area (Å²) in [7, 11) is 0. The average Bonchev–Trinajstić information content (AvgIpc) is 3.02. The quantitative estimate of drug-likeness (QED) is 0.542. The molecule has 1 aromatic heterocycles. The Hall–Kier alpha value is -3.34. The molecule has 3 aromatic rings. The minimum atomic E-state index is -0.623. The molecular formula is C26H22FN3O5S. The fraction of sp³-hybridized carbons (Fsp3) is 0.308. The van der Waals surface area contributed by atoms with Gasteiger partial charge in [0.05, 0.1) is 32.4 Å². The Labute approximate surface area is 209 Å². The second kappa shape index (κ2) is 7.83. The SMILES string of the molecule is O=C1c2c(O)c(=O)ccn2N([C@H]2c3ccc(F)cc3CSc3ccccc32)[C@@H]2COC3(COC3)CN12. The van der Waals surface area contributed by atoms with E-state index in [1.807, 2.05) is 29.3 Å². The molecule has 184 valence electrons. The molecule has 5 heterocycles. The number of morpholine rings is 1. The van der Waals surface area contributed by atoms with Gasteiger partial charge < -0.3 is 19.5 Å². The summed E-state index contributed by atoms with van der Waals surface area (Å²) in [5.41, 5.74) is 1.41. The molecule has 7 rings (SSSR count). The Kier molecular flexibility index (Phi) is 4.76. The summed E-state index contributed by atoms with van der Waals surface area (Å²) in [6.45, 7) is 1.24. The number of carbonyl (C=O) groups is 1. The van der Waals surface area contributed by atoms with Crippen molar-refractivity contribution in [2.24, 2.45) is 0 Å². The molecule has 8 nitrogen and oxygen atoms in total. The number of hydrogen-bond acceptors (Lipinski definition) is 7. The van der Waals surface area contributed by atoms with E-state index in [0.29, 0.717) is 19.0 Å². The Balaban J connectivity index is 1.49. The van der Waals surface area contributed by atoms with E-state index < -0.39 is 34.9 Å². The van der Waals surface area contributed by atoms with E-state index in [4.69, 9.17) is 9.47 Å². The third-order valence-electron chi connectivity index (χ3n) is 7.42. The lowest BCUT2D eigenvalue weighted by molar-refractivity contribution is -0.245. The number of rotatable bonds is 1. The van der Waals surface area contributed by atoms with Gasteiger partial charge in [0.25, 0.3) is 5.91 Å². The van der Waals surface area contributed by atoms with Gasteiger partial charge in [-0.2, -0.15) is 0 Å². The summed E-state index contributed by atoms with van der Waals surface area (Å²) >= 11 is 1.63. The lowest BCUT2D eigenvalue weighted by Gasteiger charge is -2.57. The first-order chi connectivity index (χ1) is 17.5. The Morgan fingerprint density at radius 1 is 1.08 bits per heavy atom. The van der Waals surface area contributed by atoms with Crippen LogP contribution in [0.3, 0.4) is 0 Å². The third-order valence-corrected chi connectivity index (χ3v) is 8.56. The van der Waals surface area contributed by atoms with Gasteiger partial charge in [-0.1, -0.05) is 24.3 Å². The van der Waals surface area contributed by atoms with Crippen LogP contribution in [0.25, 0.3) is 0 Å². The fourth-order valence-electron chi connectivity index (χ4n) is 5.63. The largest absolute Gasteiger partial charge is 0.502 e. The smallest absolute Gasteiger partial charge is 0.278 e. The number of pyridine rings is 1. The standard InChI is InChI=1S/C26H22FN3O5S/c27-16-5-6-17-15(9-16)11-36-20-4-2-1-3-18(20)22(17)30-21-10-35-26(13-34-14-26)12-28(21)25(33)23-24(32)19(31)7-8-29(23)30/h1-9,21-22,32H,10-14H2/t21-,22+/m1/s1. The molecule has 10 heteroatoms. The van der Waals surface area contributed by atoms with Gasteiger partial charge in [0, 0.05) is 22.9 Å². The highest BCUT2D eigenvalue weighted by Gasteiger charge is 2.53. The van der Waals surface area contributed by atoms with Gasteiger partial charge in [0.2, 0.25) is 5.43 Å². The zero-order chi connectivity index (χ0) is 24.6. The summed E-state index contributed by atoms with van der Waals surface area (Å²) in [5.74, 6) is -0.756. The van der Waals surface area contributed by atoms with Crippen LogP contribution in [-0.2, 0) is 15.2 Å². The molecule has 0 bridgehead atoms. The van der Waals surface area contributed by atoms with E-state index in [1.54, 1.807) is 33.5 Å². The van der Waals surface area contributed by atoms with E-state index in [0.717, 1.165) is 21.6 Å². The number of nitrogens with zero attached hydrogens (tertiary/aromatic N) is 3. The Morgan fingerprint density at radius 2 is 1.92 bits per heavy atom. The maximum atomic E-state index is 14.3. The molecule has 2 saturated heterocycles. The molecule has 2 aromatic carbocycles. The zero-order valence-corrected chi connectivity index (χ0v) is 19.9. The highest BCUT2D eigenvalue weighted by Crippen LogP contribution is 2.45. The molecule has 4 aliphatic rings. The minimum absolute atomic E-state index is 0.0888. The van der Waals surface area contributed by atoms with Crippen molar-refractivity contribution >= 4 is 17.7 Å². The predicted molar refractivity (Wildman–Crippen MR) is 129 cm³/mol. The van der Waals surface area contributed by atoms with E-state index in [-0.39, 0.29) is 24.7 Å². The van der Waals surface area contributed by atoms with Crippen molar-refractivity contribution in [3.8, 4) is 5.75 Å². The molecule has 4 aliphatic heterocycles. The second-order valence-corrected chi connectivity index (χ2v) is 10.6. The number of aromatic hydroxyl groups is 1. The van der Waals surface area contributed by atoms with Crippen molar-refractivity contribution < 1.29 is 23.8 Å². The molecule has 0 saturated carbocycles. The Morgan fingerprint density at radius 3 is 2.72 bits per heavy atom. The maximum Gasteiger partial charge on any atom is 0.278 e. The minimum Gasteiger partial charge on any atom is -0.502 e. The number of fused-ring (bicyclic) bond motifs is 4. The van der Waals surface area contributed by atoms with Crippen molar-refractivity contribution in [2.75, 3.05) is 31.4 Å². The monoisotopic (exact) mass is 507 g/mol. The van der Waals surface area contributed by atoms with Gasteiger partial charge in [-0.15, -0.1) is 11.8 Å². The first kappa shape index (κ1) is 21.9. The van der Waals surface area contributed by atoms with E-state index in [1.165, 1.54) is 18.3 Å². The summed E-state index contributed by atoms with van der Waals surface area (Å²) in [4.78, 5) is 28.8. The van der Waals surface area contributed by atoms with Crippen LogP contribution >= 0.6 is 11.8 Å². The number of ether oxygens (including phenoxy) is 2. The van der Waals surface area contributed by atoms with Gasteiger partial charge in [0.1, 0.15) is 17.6 Å². The molecule has 2 fully saturated rings. The van der Waals surface area contributed by atoms with Gasteiger partial charge in [-0.25, -0.2) is 4.39 Å². The van der Waals surface area contributed by atoms with Crippen LogP contribution in [0.15, 0.2) is 64.4 Å². The van der Waals surface area contributed by atoms with Crippen LogP contribution in [0.4, 0.5) is 4.39 Å². The van der Waals surface area contributed by atoms with Crippen molar-refractivity contribution in [2.45, 2.75) is 28.5 Å². The van der Waals surface area contributed by atoms with Crippen LogP contribution in [-0.4, -0.2) is 58.7 Å². The van der Waals surface area contributed by atoms with Gasteiger partial charge in [-0.05, 0) is 34.9 Å². The molecular weight excluding hydrogens is 485 g/mol. The lowest BCUT2D eigenvalue weighted by Crippen LogP contribution is -2.73. The van der Waals surface area contributed by atoms with Crippen molar-refractivity contribution in [3.63, 3.8) is 0 Å². The van der Waals surface area contributed by atoms with E-state index in [2.05, 4.69) is 0 Å². The third kappa shape index (κ3) is 3.07. The van der Waals surface area contributed by atoms with Crippen LogP contribution in [0.1, 0.15) is 33.2 Å². The molecule has 0 unspecified atom stereocenters. The van der Waals surface area contributed by atoms with Crippen molar-refractivity contribution in [1.82, 2.24) is 9.58 Å². The Bertz CT molecular complexity index is 1470. The molecule has 36 heavy (non-hydrogen) atoms. The molecule has 0 radical (unpaired) electrons. The van der Waals surface area contributed by atoms with Crippen LogP contribution in [0.2, 0.25) is 0 Å². The highest BCUT2D eigenvalue weighted by molar-refractivity contribution is 7.98. The first-order valence-electron chi connectivity index (χ1n) is 11.7. The van der Waals surface area contributed by atoms with Crippen LogP contribution in [0.5, 0.6) is 5.75 Å². The first-order valence-corrected chi connectivity index (χ1v) is 12.7. The highest BCUT2D eigenvalue weighted by atomic mass is 32.2. The maximum absolute atomic E-state index is 14.3. The molecule has 2 atom stereocenters. The summed E-state index contributed by atoms with van der Waals surface area (Å²) < 4.78 is 27.6. The number of halogens is 1.